The molecule has 1 aromatic heterocycles. The topological polar surface area (TPSA) is 59.5 Å². The molecule has 1 aromatic carbocycles. The molecule has 3 rings (SSSR count). The third-order valence-corrected chi connectivity index (χ3v) is 3.21. The fraction of sp³-hybridized carbons (Fsp3) is 0.214. The number of carbonyl (C=O) groups excluding carboxylic acids is 1. The summed E-state index contributed by atoms with van der Waals surface area (Å²) in [5, 5.41) is 0. The number of hydrogen-bond acceptors (Lipinski definition) is 3. The van der Waals surface area contributed by atoms with Crippen LogP contribution in [-0.4, -0.2) is 12.5 Å². The van der Waals surface area contributed by atoms with Gasteiger partial charge < -0.3 is 15.1 Å². The van der Waals surface area contributed by atoms with Gasteiger partial charge in [-0.25, -0.2) is 0 Å². The first kappa shape index (κ1) is 11.0. The summed E-state index contributed by atoms with van der Waals surface area (Å²) in [7, 11) is 0. The number of para-hydroxylation sites is 1. The van der Waals surface area contributed by atoms with Crippen molar-refractivity contribution in [3.05, 3.63) is 53.5 Å². The predicted octanol–water partition coefficient (Wildman–Crippen LogP) is 1.94. The van der Waals surface area contributed by atoms with Crippen molar-refractivity contribution < 1.29 is 9.21 Å². The molecule has 18 heavy (non-hydrogen) atoms. The van der Waals surface area contributed by atoms with Crippen LogP contribution in [0.1, 0.15) is 21.9 Å². The first-order chi connectivity index (χ1) is 8.79. The minimum absolute atomic E-state index is 0.0975. The van der Waals surface area contributed by atoms with Gasteiger partial charge >= 0.3 is 0 Å². The summed E-state index contributed by atoms with van der Waals surface area (Å²) in [6, 6.07) is 11.4. The normalized spacial score (nSPS) is 13.7. The van der Waals surface area contributed by atoms with E-state index >= 15 is 0 Å². The molecule has 2 heterocycles. The maximum Gasteiger partial charge on any atom is 0.293 e. The molecule has 2 N–H and O–H groups in total. The van der Waals surface area contributed by atoms with Crippen LogP contribution in [0.4, 0.5) is 5.69 Å². The van der Waals surface area contributed by atoms with Crippen LogP contribution in [0.5, 0.6) is 0 Å². The van der Waals surface area contributed by atoms with Crippen LogP contribution >= 0.6 is 0 Å². The Morgan fingerprint density at radius 1 is 1.28 bits per heavy atom. The van der Waals surface area contributed by atoms with Crippen molar-refractivity contribution in [2.75, 3.05) is 11.4 Å². The smallest absolute Gasteiger partial charge is 0.293 e. The van der Waals surface area contributed by atoms with E-state index in [4.69, 9.17) is 10.2 Å². The second-order valence-electron chi connectivity index (χ2n) is 4.31. The third-order valence-electron chi connectivity index (χ3n) is 3.21. The Labute approximate surface area is 105 Å². The lowest BCUT2D eigenvalue weighted by Crippen LogP contribution is -2.28. The summed E-state index contributed by atoms with van der Waals surface area (Å²) in [6.45, 7) is 1.01. The van der Waals surface area contributed by atoms with E-state index < -0.39 is 0 Å². The van der Waals surface area contributed by atoms with Gasteiger partial charge in [0.1, 0.15) is 5.76 Å². The van der Waals surface area contributed by atoms with E-state index in [-0.39, 0.29) is 5.91 Å². The van der Waals surface area contributed by atoms with Gasteiger partial charge in [0.15, 0.2) is 5.76 Å². The monoisotopic (exact) mass is 242 g/mol. The quantitative estimate of drug-likeness (QED) is 0.875. The van der Waals surface area contributed by atoms with Crippen LogP contribution in [0.25, 0.3) is 0 Å². The number of rotatable bonds is 2. The fourth-order valence-corrected chi connectivity index (χ4v) is 2.28. The van der Waals surface area contributed by atoms with Crippen molar-refractivity contribution in [2.24, 2.45) is 5.73 Å². The molecule has 0 fully saturated rings. The van der Waals surface area contributed by atoms with Gasteiger partial charge in [-0.1, -0.05) is 18.2 Å². The van der Waals surface area contributed by atoms with Gasteiger partial charge in [0.25, 0.3) is 5.91 Å². The lowest BCUT2D eigenvalue weighted by atomic mass is 10.2. The van der Waals surface area contributed by atoms with Crippen LogP contribution in [0, 0.1) is 0 Å². The highest BCUT2D eigenvalue weighted by molar-refractivity contribution is 6.05. The van der Waals surface area contributed by atoms with E-state index in [0.717, 1.165) is 12.1 Å². The SMILES string of the molecule is NCc1ccc(C(=O)N2CCc3ccccc32)o1. The van der Waals surface area contributed by atoms with E-state index in [1.165, 1.54) is 5.56 Å². The first-order valence-corrected chi connectivity index (χ1v) is 5.98. The standard InChI is InChI=1S/C14H14N2O2/c15-9-11-5-6-13(18-11)14(17)16-8-7-10-3-1-2-4-12(10)16/h1-6H,7-9,15H2. The molecule has 0 atom stereocenters. The summed E-state index contributed by atoms with van der Waals surface area (Å²) in [5.41, 5.74) is 7.66. The second-order valence-corrected chi connectivity index (χ2v) is 4.31. The van der Waals surface area contributed by atoms with Crippen LogP contribution in [0.3, 0.4) is 0 Å². The van der Waals surface area contributed by atoms with Crippen LogP contribution in [0.2, 0.25) is 0 Å². The molecule has 92 valence electrons. The van der Waals surface area contributed by atoms with Gasteiger partial charge in [-0.05, 0) is 30.2 Å². The summed E-state index contributed by atoms with van der Waals surface area (Å²) in [6.07, 6.45) is 0.895. The van der Waals surface area contributed by atoms with Crippen LogP contribution in [-0.2, 0) is 13.0 Å². The molecule has 0 unspecified atom stereocenters. The highest BCUT2D eigenvalue weighted by Crippen LogP contribution is 2.29. The largest absolute Gasteiger partial charge is 0.455 e. The molecule has 0 spiro atoms. The van der Waals surface area contributed by atoms with Crippen molar-refractivity contribution in [3.63, 3.8) is 0 Å². The number of benzene rings is 1. The molecule has 0 aliphatic carbocycles. The van der Waals surface area contributed by atoms with E-state index in [0.29, 0.717) is 24.6 Å². The average Bonchev–Trinajstić information content (AvgIpc) is 3.04. The van der Waals surface area contributed by atoms with Gasteiger partial charge in [-0.2, -0.15) is 0 Å². The fourth-order valence-electron chi connectivity index (χ4n) is 2.28. The molecule has 0 bridgehead atoms. The van der Waals surface area contributed by atoms with Gasteiger partial charge in [0.2, 0.25) is 0 Å². The van der Waals surface area contributed by atoms with Crippen molar-refractivity contribution >= 4 is 11.6 Å². The van der Waals surface area contributed by atoms with E-state index in [1.807, 2.05) is 18.2 Å². The average molecular weight is 242 g/mol. The minimum Gasteiger partial charge on any atom is -0.455 e. The molecule has 1 aliphatic heterocycles. The van der Waals surface area contributed by atoms with Crippen LogP contribution < -0.4 is 10.6 Å². The van der Waals surface area contributed by atoms with Crippen molar-refractivity contribution in [3.8, 4) is 0 Å². The van der Waals surface area contributed by atoms with E-state index in [1.54, 1.807) is 17.0 Å². The van der Waals surface area contributed by atoms with Crippen molar-refractivity contribution in [1.82, 2.24) is 0 Å². The summed E-state index contributed by atoms with van der Waals surface area (Å²) in [4.78, 5) is 14.1. The van der Waals surface area contributed by atoms with Crippen molar-refractivity contribution in [1.29, 1.82) is 0 Å². The maximum atomic E-state index is 12.3. The van der Waals surface area contributed by atoms with Gasteiger partial charge in [-0.3, -0.25) is 4.79 Å². The zero-order valence-corrected chi connectivity index (χ0v) is 9.93. The highest BCUT2D eigenvalue weighted by Gasteiger charge is 2.26. The molecule has 0 radical (unpaired) electrons. The Bertz CT molecular complexity index is 589. The first-order valence-electron chi connectivity index (χ1n) is 5.98. The van der Waals surface area contributed by atoms with Gasteiger partial charge in [0.05, 0.1) is 6.54 Å². The van der Waals surface area contributed by atoms with Crippen LogP contribution in [0.15, 0.2) is 40.8 Å². The Balaban J connectivity index is 1.90. The zero-order valence-electron chi connectivity index (χ0n) is 9.93. The number of nitrogens with zero attached hydrogens (tertiary/aromatic N) is 1. The molecule has 0 saturated carbocycles. The molecule has 2 aromatic rings. The van der Waals surface area contributed by atoms with Gasteiger partial charge in [-0.15, -0.1) is 0 Å². The number of nitrogens with two attached hydrogens (primary N) is 1. The molecular weight excluding hydrogens is 228 g/mol. The maximum absolute atomic E-state index is 12.3. The van der Waals surface area contributed by atoms with E-state index in [2.05, 4.69) is 6.07 Å². The number of hydrogen-bond donors (Lipinski definition) is 1. The highest BCUT2D eigenvalue weighted by atomic mass is 16.4. The summed E-state index contributed by atoms with van der Waals surface area (Å²) >= 11 is 0. The number of amides is 1. The minimum atomic E-state index is -0.0975. The Morgan fingerprint density at radius 3 is 2.89 bits per heavy atom. The lowest BCUT2D eigenvalue weighted by molar-refractivity contribution is 0.0961. The predicted molar refractivity (Wildman–Crippen MR) is 68.4 cm³/mol. The summed E-state index contributed by atoms with van der Waals surface area (Å²) < 4.78 is 5.41. The third kappa shape index (κ3) is 1.71. The lowest BCUT2D eigenvalue weighted by Gasteiger charge is -2.15. The number of furan rings is 1. The molecule has 1 amide bonds. The van der Waals surface area contributed by atoms with Crippen molar-refractivity contribution in [2.45, 2.75) is 13.0 Å². The molecule has 4 nitrogen and oxygen atoms in total. The molecule has 0 saturated heterocycles. The Kier molecular flexibility index (Phi) is 2.64. The molecule has 1 aliphatic rings. The molecular formula is C14H14N2O2. The second kappa shape index (κ2) is 4.31. The van der Waals surface area contributed by atoms with Gasteiger partial charge in [0, 0.05) is 12.2 Å². The molecule has 4 heteroatoms. The van der Waals surface area contributed by atoms with E-state index in [9.17, 15) is 4.79 Å². The number of anilines is 1. The Hall–Kier alpha value is -2.07. The zero-order chi connectivity index (χ0) is 12.5. The summed E-state index contributed by atoms with van der Waals surface area (Å²) in [5.74, 6) is 0.887. The Morgan fingerprint density at radius 2 is 2.11 bits per heavy atom. The number of fused-ring (bicyclic) bond motifs is 1. The number of carbonyl (C=O) groups is 1.